The van der Waals surface area contributed by atoms with Crippen LogP contribution in [-0.4, -0.2) is 18.7 Å². The molecule has 0 amide bonds. The van der Waals surface area contributed by atoms with Gasteiger partial charge >= 0.3 is 0 Å². The first-order valence-corrected chi connectivity index (χ1v) is 18.3. The van der Waals surface area contributed by atoms with E-state index in [1.54, 1.807) is 0 Å². The molecular formula is C48H36N4. The van der Waals surface area contributed by atoms with Gasteiger partial charge in [0.05, 0.1) is 33.1 Å². The molecule has 0 saturated heterocycles. The van der Waals surface area contributed by atoms with Crippen molar-refractivity contribution in [1.82, 2.24) is 18.7 Å². The third-order valence-corrected chi connectivity index (χ3v) is 11.5. The van der Waals surface area contributed by atoms with Gasteiger partial charge in [0.25, 0.3) is 0 Å². The highest BCUT2D eigenvalue weighted by molar-refractivity contribution is 6.31. The molecule has 3 heterocycles. The number of fused-ring (bicyclic) bond motifs is 13. The molecule has 3 aromatic heterocycles. The number of benzene rings is 7. The Morgan fingerprint density at radius 2 is 1.10 bits per heavy atom. The summed E-state index contributed by atoms with van der Waals surface area (Å²) in [5.41, 5.74) is 15.7. The van der Waals surface area contributed by atoms with Gasteiger partial charge in [-0.15, -0.1) is 0 Å². The Balaban J connectivity index is 1.37. The second-order valence-corrected chi connectivity index (χ2v) is 14.6. The Morgan fingerprint density at radius 3 is 1.85 bits per heavy atom. The first-order chi connectivity index (χ1) is 25.6. The maximum Gasteiger partial charge on any atom is 0.114 e. The highest BCUT2D eigenvalue weighted by atomic mass is 15.1. The molecule has 1 aliphatic rings. The van der Waals surface area contributed by atoms with Gasteiger partial charge in [0.2, 0.25) is 0 Å². The number of imidazole rings is 1. The molecule has 0 bridgehead atoms. The van der Waals surface area contributed by atoms with Gasteiger partial charge in [-0.3, -0.25) is 4.57 Å². The van der Waals surface area contributed by atoms with Crippen molar-refractivity contribution in [2.45, 2.75) is 32.6 Å². The van der Waals surface area contributed by atoms with Crippen molar-refractivity contribution in [3.63, 3.8) is 0 Å². The van der Waals surface area contributed by atoms with Crippen LogP contribution in [0.4, 0.5) is 0 Å². The summed E-state index contributed by atoms with van der Waals surface area (Å²) in [6.07, 6.45) is 0.843. The van der Waals surface area contributed by atoms with Crippen LogP contribution in [0.3, 0.4) is 0 Å². The summed E-state index contributed by atoms with van der Waals surface area (Å²) < 4.78 is 7.40. The summed E-state index contributed by atoms with van der Waals surface area (Å²) in [5, 5.41) is 5.17. The molecule has 11 rings (SSSR count). The fraction of sp³-hybridized carbons (Fsp3) is 0.104. The van der Waals surface area contributed by atoms with Gasteiger partial charge in [0, 0.05) is 56.0 Å². The van der Waals surface area contributed by atoms with Crippen LogP contribution in [0.1, 0.15) is 37.7 Å². The van der Waals surface area contributed by atoms with Crippen molar-refractivity contribution in [3.8, 4) is 28.2 Å². The van der Waals surface area contributed by atoms with Crippen LogP contribution in [0, 0.1) is 0 Å². The second-order valence-electron chi connectivity index (χ2n) is 14.6. The molecule has 0 N–H and O–H groups in total. The average Bonchev–Trinajstić information content (AvgIpc) is 3.90. The van der Waals surface area contributed by atoms with Gasteiger partial charge in [-0.05, 0) is 71.3 Å². The lowest BCUT2D eigenvalue weighted by molar-refractivity contribution is 0.667. The number of nitrogens with zero attached hydrogens (tertiary/aromatic N) is 4. The van der Waals surface area contributed by atoms with Crippen LogP contribution in [-0.2, 0) is 11.8 Å². The maximum atomic E-state index is 5.03. The first-order valence-electron chi connectivity index (χ1n) is 18.3. The zero-order valence-electron chi connectivity index (χ0n) is 29.4. The maximum absolute atomic E-state index is 5.03. The first kappa shape index (κ1) is 29.4. The topological polar surface area (TPSA) is 27.7 Å². The lowest BCUT2D eigenvalue weighted by Crippen LogP contribution is -2.15. The smallest absolute Gasteiger partial charge is 0.114 e. The molecular weight excluding hydrogens is 633 g/mol. The minimum Gasteiger partial charge on any atom is -0.309 e. The lowest BCUT2D eigenvalue weighted by atomic mass is 9.80. The third kappa shape index (κ3) is 3.73. The number of hydrogen-bond donors (Lipinski definition) is 0. The van der Waals surface area contributed by atoms with E-state index in [0.717, 1.165) is 34.7 Å². The molecule has 248 valence electrons. The highest BCUT2D eigenvalue weighted by Crippen LogP contribution is 2.58. The highest BCUT2D eigenvalue weighted by Gasteiger charge is 2.41. The fourth-order valence-electron chi connectivity index (χ4n) is 9.44. The Bertz CT molecular complexity index is 3080. The number of aryl methyl sites for hydroxylation is 1. The van der Waals surface area contributed by atoms with E-state index in [1.165, 1.54) is 71.6 Å². The van der Waals surface area contributed by atoms with E-state index in [9.17, 15) is 0 Å². The Morgan fingerprint density at radius 1 is 0.519 bits per heavy atom. The molecule has 0 unspecified atom stereocenters. The molecule has 7 aromatic carbocycles. The van der Waals surface area contributed by atoms with Crippen molar-refractivity contribution in [1.29, 1.82) is 0 Å². The van der Waals surface area contributed by atoms with Crippen LogP contribution < -0.4 is 0 Å². The van der Waals surface area contributed by atoms with Crippen molar-refractivity contribution >= 4 is 54.6 Å². The zero-order valence-corrected chi connectivity index (χ0v) is 29.4. The quantitative estimate of drug-likeness (QED) is 0.183. The summed E-state index contributed by atoms with van der Waals surface area (Å²) >= 11 is 0. The SMILES string of the molecule is CCc1nc2ccccc2n1-c1cccc(-n2c3ccccc3c3c2c2c(c4c5ccccc5n(-c5ccccc5)c43)C(C)(C)c3ccccc3-2)c1. The van der Waals surface area contributed by atoms with Crippen LogP contribution in [0.2, 0.25) is 0 Å². The molecule has 4 nitrogen and oxygen atoms in total. The molecule has 0 saturated carbocycles. The number of hydrogen-bond acceptors (Lipinski definition) is 1. The van der Waals surface area contributed by atoms with Crippen molar-refractivity contribution < 1.29 is 0 Å². The van der Waals surface area contributed by atoms with Gasteiger partial charge in [0.1, 0.15) is 5.82 Å². The Labute approximate surface area is 301 Å². The van der Waals surface area contributed by atoms with E-state index >= 15 is 0 Å². The summed E-state index contributed by atoms with van der Waals surface area (Å²) in [7, 11) is 0. The molecule has 0 atom stereocenters. The van der Waals surface area contributed by atoms with E-state index < -0.39 is 0 Å². The van der Waals surface area contributed by atoms with E-state index in [-0.39, 0.29) is 5.41 Å². The predicted molar refractivity (Wildman–Crippen MR) is 217 cm³/mol. The molecule has 0 aliphatic heterocycles. The van der Waals surface area contributed by atoms with Gasteiger partial charge in [-0.1, -0.05) is 118 Å². The number of aromatic nitrogens is 4. The molecule has 0 fully saturated rings. The second kappa shape index (κ2) is 10.6. The zero-order chi connectivity index (χ0) is 34.7. The predicted octanol–water partition coefficient (Wildman–Crippen LogP) is 12.1. The van der Waals surface area contributed by atoms with Crippen LogP contribution in [0.5, 0.6) is 0 Å². The molecule has 1 aliphatic carbocycles. The Hall–Kier alpha value is -6.39. The summed E-state index contributed by atoms with van der Waals surface area (Å²) in [4.78, 5) is 5.03. The van der Waals surface area contributed by atoms with E-state index in [1.807, 2.05) is 0 Å². The lowest BCUT2D eigenvalue weighted by Gasteiger charge is -2.23. The summed E-state index contributed by atoms with van der Waals surface area (Å²) in [5.74, 6) is 1.06. The van der Waals surface area contributed by atoms with Crippen molar-refractivity contribution in [2.24, 2.45) is 0 Å². The molecule has 0 spiro atoms. The minimum atomic E-state index is -0.223. The van der Waals surface area contributed by atoms with E-state index in [0.29, 0.717) is 0 Å². The van der Waals surface area contributed by atoms with Crippen molar-refractivity contribution in [2.75, 3.05) is 0 Å². The average molecular weight is 669 g/mol. The Kier molecular flexibility index (Phi) is 5.96. The van der Waals surface area contributed by atoms with E-state index in [4.69, 9.17) is 4.98 Å². The monoisotopic (exact) mass is 668 g/mol. The summed E-state index contributed by atoms with van der Waals surface area (Å²) in [6, 6.07) is 55.5. The fourth-order valence-corrected chi connectivity index (χ4v) is 9.44. The van der Waals surface area contributed by atoms with Crippen LogP contribution >= 0.6 is 0 Å². The minimum absolute atomic E-state index is 0.223. The van der Waals surface area contributed by atoms with Gasteiger partial charge in [-0.25, -0.2) is 4.98 Å². The normalized spacial score (nSPS) is 13.5. The molecule has 0 radical (unpaired) electrons. The van der Waals surface area contributed by atoms with Gasteiger partial charge < -0.3 is 9.13 Å². The van der Waals surface area contributed by atoms with Crippen molar-refractivity contribution in [3.05, 3.63) is 169 Å². The molecule has 4 heteroatoms. The van der Waals surface area contributed by atoms with Crippen LogP contribution in [0.15, 0.2) is 152 Å². The standard InChI is InChI=1S/C48H36N4/c1-4-41-49-37-25-12-15-28-40(37)50(41)31-19-16-20-32(29-31)52-39-27-14-10-23-35(39)44-46(52)42-33-21-8-11-24-36(33)48(2,3)45(42)43-34-22-9-13-26-38(34)51(47(43)44)30-17-6-5-7-18-30/h5-29H,4H2,1-3H3. The largest absolute Gasteiger partial charge is 0.309 e. The third-order valence-electron chi connectivity index (χ3n) is 11.5. The number of rotatable bonds is 4. The van der Waals surface area contributed by atoms with Crippen LogP contribution in [0.25, 0.3) is 82.8 Å². The summed E-state index contributed by atoms with van der Waals surface area (Å²) in [6.45, 7) is 7.03. The number of para-hydroxylation sites is 5. The molecule has 52 heavy (non-hydrogen) atoms. The van der Waals surface area contributed by atoms with E-state index in [2.05, 4.69) is 186 Å². The van der Waals surface area contributed by atoms with Gasteiger partial charge in [0.15, 0.2) is 0 Å². The van der Waals surface area contributed by atoms with Gasteiger partial charge in [-0.2, -0.15) is 0 Å². The molecule has 10 aromatic rings.